The monoisotopic (exact) mass is 362 g/mol. The highest BCUT2D eigenvalue weighted by Crippen LogP contribution is 2.42. The average molecular weight is 363 g/mol. The van der Waals surface area contributed by atoms with Crippen molar-refractivity contribution in [2.24, 2.45) is 0 Å². The van der Waals surface area contributed by atoms with E-state index >= 15 is 0 Å². The number of benzene rings is 1. The molecule has 0 saturated heterocycles. The van der Waals surface area contributed by atoms with E-state index in [1.165, 1.54) is 22.7 Å². The molecule has 0 bridgehead atoms. The summed E-state index contributed by atoms with van der Waals surface area (Å²) in [6, 6.07) is 7.41. The predicted molar refractivity (Wildman–Crippen MR) is 92.4 cm³/mol. The molecule has 5 nitrogen and oxygen atoms in total. The van der Waals surface area contributed by atoms with E-state index in [0.29, 0.717) is 21.8 Å². The van der Waals surface area contributed by atoms with Crippen LogP contribution < -0.4 is 5.32 Å². The molecule has 2 aromatic heterocycles. The van der Waals surface area contributed by atoms with Crippen LogP contribution in [-0.4, -0.2) is 21.1 Å². The van der Waals surface area contributed by atoms with Gasteiger partial charge in [-0.25, -0.2) is 4.98 Å². The molecular formula is C15H11ClN4OS2. The second kappa shape index (κ2) is 5.99. The van der Waals surface area contributed by atoms with Crippen LogP contribution in [-0.2, 0) is 0 Å². The fourth-order valence-electron chi connectivity index (χ4n) is 2.07. The average Bonchev–Trinajstić information content (AvgIpc) is 3.09. The van der Waals surface area contributed by atoms with Crippen molar-refractivity contribution in [1.29, 1.82) is 0 Å². The van der Waals surface area contributed by atoms with E-state index in [-0.39, 0.29) is 5.91 Å². The van der Waals surface area contributed by atoms with Crippen molar-refractivity contribution >= 4 is 45.3 Å². The molecule has 0 aliphatic heterocycles. The molecule has 1 aliphatic rings. The van der Waals surface area contributed by atoms with Crippen LogP contribution in [0.1, 0.15) is 34.3 Å². The SMILES string of the molecule is O=C(Nc1nnc(C2CC2)s1)c1csc(-c2cccc(Cl)c2)n1. The Kier molecular flexibility index (Phi) is 3.84. The zero-order valence-electron chi connectivity index (χ0n) is 11.8. The van der Waals surface area contributed by atoms with Gasteiger partial charge in [0.15, 0.2) is 0 Å². The molecule has 1 amide bonds. The Labute approximate surface area is 145 Å². The van der Waals surface area contributed by atoms with Gasteiger partial charge in [0.05, 0.1) is 0 Å². The quantitative estimate of drug-likeness (QED) is 0.744. The molecular weight excluding hydrogens is 352 g/mol. The summed E-state index contributed by atoms with van der Waals surface area (Å²) in [5.41, 5.74) is 1.27. The second-order valence-corrected chi connectivity index (χ2v) is 7.53. The van der Waals surface area contributed by atoms with Crippen LogP contribution >= 0.6 is 34.3 Å². The van der Waals surface area contributed by atoms with E-state index < -0.39 is 0 Å². The Morgan fingerprint density at radius 2 is 2.17 bits per heavy atom. The minimum atomic E-state index is -0.270. The van der Waals surface area contributed by atoms with E-state index in [9.17, 15) is 4.79 Å². The molecule has 0 unspecified atom stereocenters. The highest BCUT2D eigenvalue weighted by Gasteiger charge is 2.28. The minimum Gasteiger partial charge on any atom is -0.295 e. The minimum absolute atomic E-state index is 0.270. The summed E-state index contributed by atoms with van der Waals surface area (Å²) in [6.07, 6.45) is 2.33. The largest absolute Gasteiger partial charge is 0.295 e. The Bertz CT molecular complexity index is 872. The van der Waals surface area contributed by atoms with Crippen LogP contribution in [0.4, 0.5) is 5.13 Å². The molecule has 0 radical (unpaired) electrons. The molecule has 4 rings (SSSR count). The highest BCUT2D eigenvalue weighted by atomic mass is 35.5. The number of aromatic nitrogens is 3. The summed E-state index contributed by atoms with van der Waals surface area (Å²) >= 11 is 8.83. The third kappa shape index (κ3) is 3.26. The zero-order chi connectivity index (χ0) is 15.8. The molecule has 2 heterocycles. The topological polar surface area (TPSA) is 67.8 Å². The number of rotatable bonds is 4. The van der Waals surface area contributed by atoms with Crippen molar-refractivity contribution in [3.63, 3.8) is 0 Å². The number of hydrogen-bond donors (Lipinski definition) is 1. The van der Waals surface area contributed by atoms with Crippen LogP contribution in [0.25, 0.3) is 10.6 Å². The third-order valence-corrected chi connectivity index (χ3v) is 5.52. The highest BCUT2D eigenvalue weighted by molar-refractivity contribution is 7.15. The standard InChI is InChI=1S/C15H11ClN4OS2/c16-10-3-1-2-9(6-10)13-17-11(7-22-13)12(21)18-15-20-19-14(23-15)8-4-5-8/h1-3,6-8H,4-5H2,(H,18,20,21). The number of carbonyl (C=O) groups excluding carboxylic acids is 1. The van der Waals surface area contributed by atoms with Gasteiger partial charge in [0.1, 0.15) is 15.7 Å². The molecule has 0 atom stereocenters. The summed E-state index contributed by atoms with van der Waals surface area (Å²) in [5.74, 6) is 0.264. The maximum absolute atomic E-state index is 12.3. The summed E-state index contributed by atoms with van der Waals surface area (Å²) in [6.45, 7) is 0. The van der Waals surface area contributed by atoms with Crippen molar-refractivity contribution in [3.8, 4) is 10.6 Å². The molecule has 1 N–H and O–H groups in total. The molecule has 23 heavy (non-hydrogen) atoms. The lowest BCUT2D eigenvalue weighted by atomic mass is 10.2. The molecule has 1 saturated carbocycles. The summed E-state index contributed by atoms with van der Waals surface area (Å²) < 4.78 is 0. The first-order chi connectivity index (χ1) is 11.2. The summed E-state index contributed by atoms with van der Waals surface area (Å²) in [7, 11) is 0. The number of carbonyl (C=O) groups is 1. The smallest absolute Gasteiger partial charge is 0.276 e. The normalized spacial score (nSPS) is 14.0. The van der Waals surface area contributed by atoms with Crippen molar-refractivity contribution in [3.05, 3.63) is 45.4 Å². The van der Waals surface area contributed by atoms with Gasteiger partial charge in [-0.2, -0.15) is 0 Å². The Balaban J connectivity index is 1.50. The van der Waals surface area contributed by atoms with Crippen LogP contribution in [0.2, 0.25) is 5.02 Å². The van der Waals surface area contributed by atoms with Gasteiger partial charge in [0, 0.05) is 21.9 Å². The Morgan fingerprint density at radius 3 is 2.96 bits per heavy atom. The van der Waals surface area contributed by atoms with E-state index in [4.69, 9.17) is 11.6 Å². The lowest BCUT2D eigenvalue weighted by Gasteiger charge is -1.97. The zero-order valence-corrected chi connectivity index (χ0v) is 14.2. The number of anilines is 1. The number of halogens is 1. The van der Waals surface area contributed by atoms with E-state index in [1.54, 1.807) is 11.4 Å². The van der Waals surface area contributed by atoms with Crippen molar-refractivity contribution in [2.45, 2.75) is 18.8 Å². The number of hydrogen-bond acceptors (Lipinski definition) is 6. The molecule has 116 valence electrons. The maximum Gasteiger partial charge on any atom is 0.276 e. The molecule has 1 aromatic carbocycles. The predicted octanol–water partition coefficient (Wildman–Crippen LogP) is 4.44. The van der Waals surface area contributed by atoms with Gasteiger partial charge in [-0.1, -0.05) is 35.1 Å². The lowest BCUT2D eigenvalue weighted by Crippen LogP contribution is -2.12. The van der Waals surface area contributed by atoms with Gasteiger partial charge in [-0.05, 0) is 25.0 Å². The molecule has 0 spiro atoms. The van der Waals surface area contributed by atoms with Gasteiger partial charge in [-0.3, -0.25) is 10.1 Å². The van der Waals surface area contributed by atoms with Crippen LogP contribution in [0.5, 0.6) is 0 Å². The van der Waals surface area contributed by atoms with Gasteiger partial charge in [-0.15, -0.1) is 21.5 Å². The lowest BCUT2D eigenvalue weighted by molar-refractivity contribution is 0.102. The fraction of sp³-hybridized carbons (Fsp3) is 0.200. The van der Waals surface area contributed by atoms with Crippen LogP contribution in [0.3, 0.4) is 0 Å². The molecule has 3 aromatic rings. The number of amides is 1. The first-order valence-electron chi connectivity index (χ1n) is 7.05. The first-order valence-corrected chi connectivity index (χ1v) is 9.12. The summed E-state index contributed by atoms with van der Waals surface area (Å²) in [4.78, 5) is 16.6. The Hall–Kier alpha value is -1.83. The van der Waals surface area contributed by atoms with Gasteiger partial charge >= 0.3 is 0 Å². The third-order valence-electron chi connectivity index (χ3n) is 3.40. The summed E-state index contributed by atoms with van der Waals surface area (Å²) in [5, 5.41) is 15.5. The van der Waals surface area contributed by atoms with E-state index in [2.05, 4.69) is 20.5 Å². The second-order valence-electron chi connectivity index (χ2n) is 5.22. The van der Waals surface area contributed by atoms with E-state index in [0.717, 1.165) is 28.4 Å². The van der Waals surface area contributed by atoms with Gasteiger partial charge in [0.25, 0.3) is 5.91 Å². The van der Waals surface area contributed by atoms with Crippen molar-refractivity contribution in [2.75, 3.05) is 5.32 Å². The van der Waals surface area contributed by atoms with Gasteiger partial charge in [0.2, 0.25) is 5.13 Å². The van der Waals surface area contributed by atoms with E-state index in [1.807, 2.05) is 18.2 Å². The van der Waals surface area contributed by atoms with Crippen molar-refractivity contribution in [1.82, 2.24) is 15.2 Å². The number of nitrogens with one attached hydrogen (secondary N) is 1. The fourth-order valence-corrected chi connectivity index (χ4v) is 3.97. The van der Waals surface area contributed by atoms with Gasteiger partial charge < -0.3 is 0 Å². The Morgan fingerprint density at radius 1 is 1.30 bits per heavy atom. The molecule has 8 heteroatoms. The van der Waals surface area contributed by atoms with Crippen LogP contribution in [0.15, 0.2) is 29.6 Å². The molecule has 1 fully saturated rings. The first kappa shape index (κ1) is 14.7. The number of nitrogens with zero attached hydrogens (tertiary/aromatic N) is 3. The molecule has 1 aliphatic carbocycles. The van der Waals surface area contributed by atoms with Crippen LogP contribution in [0, 0.1) is 0 Å². The van der Waals surface area contributed by atoms with Crippen molar-refractivity contribution < 1.29 is 4.79 Å². The maximum atomic E-state index is 12.3. The number of thiazole rings is 1.